The predicted molar refractivity (Wildman–Crippen MR) is 124 cm³/mol. The standard InChI is InChI=1S/C22H28F4N3O9P/c1-12(2)36-18(32)13(3)28-39(34,38-14-7-5-4-6-8-14)35-11-21(19(23)24)22(25,26)16(31)17(37-21)29-10-9-15(30)27-20(29)33/h4-10,12-13,16-17,19-20,31,33H,11H2,1-3H3,(H,27,30)(H,28,34)/t13-,16-,17+,20?,21-,39?/m0/s1. The van der Waals surface area contributed by atoms with Gasteiger partial charge < -0.3 is 34.4 Å². The maximum Gasteiger partial charge on any atom is 0.459 e. The van der Waals surface area contributed by atoms with E-state index in [1.165, 1.54) is 45.0 Å². The number of halogens is 4. The summed E-state index contributed by atoms with van der Waals surface area (Å²) in [4.78, 5) is 24.1. The zero-order valence-corrected chi connectivity index (χ0v) is 21.8. The van der Waals surface area contributed by atoms with E-state index in [1.807, 2.05) is 5.32 Å². The highest BCUT2D eigenvalue weighted by atomic mass is 31.2. The van der Waals surface area contributed by atoms with E-state index in [1.54, 1.807) is 6.07 Å². The molecule has 0 saturated carbocycles. The number of aliphatic hydroxyl groups is 2. The summed E-state index contributed by atoms with van der Waals surface area (Å²) in [5.74, 6) is -6.63. The van der Waals surface area contributed by atoms with Crippen LogP contribution in [0.25, 0.3) is 0 Å². The summed E-state index contributed by atoms with van der Waals surface area (Å²) in [6.45, 7) is 2.45. The molecule has 1 fully saturated rings. The van der Waals surface area contributed by atoms with Crippen molar-refractivity contribution >= 4 is 19.6 Å². The summed E-state index contributed by atoms with van der Waals surface area (Å²) in [5, 5.41) is 24.4. The number of esters is 1. The number of hydrogen-bond donors (Lipinski definition) is 4. The van der Waals surface area contributed by atoms with Gasteiger partial charge in [-0.1, -0.05) is 18.2 Å². The number of alkyl halides is 4. The van der Waals surface area contributed by atoms with Gasteiger partial charge in [0, 0.05) is 12.3 Å². The van der Waals surface area contributed by atoms with Crippen molar-refractivity contribution in [2.75, 3.05) is 6.61 Å². The van der Waals surface area contributed by atoms with E-state index in [-0.39, 0.29) is 5.75 Å². The molecule has 1 aromatic carbocycles. The number of nitrogens with one attached hydrogen (secondary N) is 2. The van der Waals surface area contributed by atoms with Crippen LogP contribution in [0.4, 0.5) is 17.6 Å². The number of amides is 1. The van der Waals surface area contributed by atoms with Gasteiger partial charge in [-0.3, -0.25) is 14.1 Å². The van der Waals surface area contributed by atoms with Crippen molar-refractivity contribution in [3.63, 3.8) is 0 Å². The number of hydrogen-bond acceptors (Lipinski definition) is 10. The Kier molecular flexibility index (Phi) is 9.30. The number of para-hydroxylation sites is 1. The van der Waals surface area contributed by atoms with Crippen LogP contribution < -0.4 is 14.9 Å². The van der Waals surface area contributed by atoms with Gasteiger partial charge >= 0.3 is 19.6 Å². The monoisotopic (exact) mass is 585 g/mol. The number of carbonyl (C=O) groups excluding carboxylic acids is 2. The molecule has 0 spiro atoms. The number of rotatable bonds is 11. The van der Waals surface area contributed by atoms with E-state index in [0.717, 1.165) is 12.3 Å². The Labute approximate surface area is 220 Å². The summed E-state index contributed by atoms with van der Waals surface area (Å²) in [6, 6.07) is 5.68. The molecule has 12 nitrogen and oxygen atoms in total. The Morgan fingerprint density at radius 3 is 2.44 bits per heavy atom. The number of nitrogens with zero attached hydrogens (tertiary/aromatic N) is 1. The molecule has 1 aromatic rings. The quantitative estimate of drug-likeness (QED) is 0.170. The molecule has 218 valence electrons. The Morgan fingerprint density at radius 1 is 1.23 bits per heavy atom. The van der Waals surface area contributed by atoms with Crippen LogP contribution in [0.2, 0.25) is 0 Å². The highest BCUT2D eigenvalue weighted by Crippen LogP contribution is 2.53. The molecule has 4 N–H and O–H groups in total. The third kappa shape index (κ3) is 6.53. The van der Waals surface area contributed by atoms with Crippen molar-refractivity contribution in [3.05, 3.63) is 42.6 Å². The summed E-state index contributed by atoms with van der Waals surface area (Å²) >= 11 is 0. The number of benzene rings is 1. The van der Waals surface area contributed by atoms with E-state index >= 15 is 8.78 Å². The van der Waals surface area contributed by atoms with Crippen LogP contribution in [0, 0.1) is 0 Å². The van der Waals surface area contributed by atoms with Crippen LogP contribution in [0.3, 0.4) is 0 Å². The minimum Gasteiger partial charge on any atom is -0.462 e. The lowest BCUT2D eigenvalue weighted by atomic mass is 9.95. The molecule has 6 atom stereocenters. The first-order valence-corrected chi connectivity index (χ1v) is 13.1. The smallest absolute Gasteiger partial charge is 0.459 e. The fourth-order valence-corrected chi connectivity index (χ4v) is 5.15. The van der Waals surface area contributed by atoms with Crippen molar-refractivity contribution in [1.29, 1.82) is 0 Å². The molecule has 0 radical (unpaired) electrons. The van der Waals surface area contributed by atoms with Crippen LogP contribution in [-0.2, 0) is 28.2 Å². The second-order valence-corrected chi connectivity index (χ2v) is 10.6. The first-order valence-electron chi connectivity index (χ1n) is 11.6. The molecule has 2 aliphatic heterocycles. The van der Waals surface area contributed by atoms with Crippen LogP contribution >= 0.6 is 7.75 Å². The second-order valence-electron chi connectivity index (χ2n) is 8.92. The van der Waals surface area contributed by atoms with Gasteiger partial charge in [-0.25, -0.2) is 13.3 Å². The third-order valence-corrected chi connectivity index (χ3v) is 7.23. The first-order chi connectivity index (χ1) is 18.1. The molecule has 2 heterocycles. The van der Waals surface area contributed by atoms with Gasteiger partial charge in [0.25, 0.3) is 6.43 Å². The molecule has 39 heavy (non-hydrogen) atoms. The van der Waals surface area contributed by atoms with Gasteiger partial charge in [-0.2, -0.15) is 13.9 Å². The lowest BCUT2D eigenvalue weighted by Gasteiger charge is -2.36. The van der Waals surface area contributed by atoms with Crippen molar-refractivity contribution in [3.8, 4) is 5.75 Å². The van der Waals surface area contributed by atoms with Crippen LogP contribution in [0.1, 0.15) is 20.8 Å². The molecular formula is C22H28F4N3O9P. The Hall–Kier alpha value is -2.75. The highest BCUT2D eigenvalue weighted by molar-refractivity contribution is 7.52. The minimum atomic E-state index is -4.89. The Bertz CT molecular complexity index is 1110. The summed E-state index contributed by atoms with van der Waals surface area (Å²) < 4.78 is 93.0. The molecule has 3 rings (SSSR count). The van der Waals surface area contributed by atoms with Crippen LogP contribution in [-0.4, -0.2) is 82.4 Å². The fraction of sp³-hybridized carbons (Fsp3) is 0.545. The topological polar surface area (TPSA) is 156 Å². The van der Waals surface area contributed by atoms with Gasteiger partial charge in [0.1, 0.15) is 11.8 Å². The van der Waals surface area contributed by atoms with Crippen molar-refractivity contribution < 1.29 is 60.5 Å². The molecule has 2 aliphatic rings. The van der Waals surface area contributed by atoms with Crippen molar-refractivity contribution in [2.45, 2.75) is 69.5 Å². The molecule has 17 heteroatoms. The van der Waals surface area contributed by atoms with E-state index in [4.69, 9.17) is 18.5 Å². The molecule has 0 bridgehead atoms. The Balaban J connectivity index is 1.91. The number of aliphatic hydroxyl groups excluding tert-OH is 2. The highest BCUT2D eigenvalue weighted by Gasteiger charge is 2.74. The van der Waals surface area contributed by atoms with Gasteiger partial charge in [0.05, 0.1) is 12.7 Å². The average Bonchev–Trinajstić information content (AvgIpc) is 3.04. The van der Waals surface area contributed by atoms with Crippen molar-refractivity contribution in [2.24, 2.45) is 0 Å². The summed E-state index contributed by atoms with van der Waals surface area (Å²) in [6.07, 6.45) is -10.3. The number of ether oxygens (including phenoxy) is 2. The van der Waals surface area contributed by atoms with Crippen LogP contribution in [0.15, 0.2) is 42.6 Å². The van der Waals surface area contributed by atoms with E-state index < -0.39 is 75.0 Å². The van der Waals surface area contributed by atoms with Gasteiger partial charge in [0.15, 0.2) is 12.3 Å². The van der Waals surface area contributed by atoms with Gasteiger partial charge in [-0.15, -0.1) is 0 Å². The van der Waals surface area contributed by atoms with Gasteiger partial charge in [0.2, 0.25) is 17.9 Å². The largest absolute Gasteiger partial charge is 0.462 e. The molecule has 1 saturated heterocycles. The normalized spacial score (nSPS) is 28.7. The van der Waals surface area contributed by atoms with Gasteiger partial charge in [-0.05, 0) is 32.9 Å². The lowest BCUT2D eigenvalue weighted by Crippen LogP contribution is -2.58. The first kappa shape index (κ1) is 30.8. The maximum absolute atomic E-state index is 15.3. The zero-order chi connectivity index (χ0) is 29.2. The van der Waals surface area contributed by atoms with E-state index in [2.05, 4.69) is 5.09 Å². The average molecular weight is 585 g/mol. The number of carbonyl (C=O) groups is 2. The Morgan fingerprint density at radius 2 is 1.87 bits per heavy atom. The second kappa shape index (κ2) is 11.8. The molecule has 1 amide bonds. The fourth-order valence-electron chi connectivity index (χ4n) is 3.63. The van der Waals surface area contributed by atoms with E-state index in [0.29, 0.717) is 4.90 Å². The predicted octanol–water partition coefficient (Wildman–Crippen LogP) is 1.70. The summed E-state index contributed by atoms with van der Waals surface area (Å²) in [7, 11) is -4.89. The lowest BCUT2D eigenvalue weighted by molar-refractivity contribution is -0.247. The van der Waals surface area contributed by atoms with Crippen molar-refractivity contribution in [1.82, 2.24) is 15.3 Å². The SMILES string of the molecule is CC(C)OC(=O)[C@H](C)NP(=O)(OC[C@@]1(C(F)F)O[C@@H](N2C=CC(=O)NC2O)[C@H](O)C1(F)F)Oc1ccccc1. The summed E-state index contributed by atoms with van der Waals surface area (Å²) in [5.41, 5.74) is -3.91. The molecule has 0 aliphatic carbocycles. The zero-order valence-electron chi connectivity index (χ0n) is 20.9. The molecule has 0 aromatic heterocycles. The van der Waals surface area contributed by atoms with E-state index in [9.17, 15) is 33.1 Å². The van der Waals surface area contributed by atoms with Crippen LogP contribution in [0.5, 0.6) is 5.75 Å². The molecular weight excluding hydrogens is 557 g/mol. The third-order valence-electron chi connectivity index (χ3n) is 5.61. The molecule has 2 unspecified atom stereocenters. The maximum atomic E-state index is 15.3. The minimum absolute atomic E-state index is 0.127.